The Kier molecular flexibility index (Phi) is 13.7. The van der Waals surface area contributed by atoms with Gasteiger partial charge in [0.25, 0.3) is 0 Å². The first kappa shape index (κ1) is 21.9. The summed E-state index contributed by atoms with van der Waals surface area (Å²) in [7, 11) is 0. The van der Waals surface area contributed by atoms with Crippen LogP contribution in [-0.2, 0) is 28.5 Å². The number of carbonyl (C=O) groups is 2. The minimum atomic E-state index is -0.592. The highest BCUT2D eigenvalue weighted by molar-refractivity contribution is 5.77. The Bertz CT molecular complexity index is 318. The Morgan fingerprint density at radius 3 is 1.61 bits per heavy atom. The second-order valence-corrected chi connectivity index (χ2v) is 5.42. The van der Waals surface area contributed by atoms with Gasteiger partial charge >= 0.3 is 11.9 Å². The fourth-order valence-corrected chi connectivity index (χ4v) is 1.76. The molecule has 2 atom stereocenters. The third kappa shape index (κ3) is 14.2. The number of rotatable bonds is 14. The highest BCUT2D eigenvalue weighted by Gasteiger charge is 2.14. The van der Waals surface area contributed by atoms with Crippen molar-refractivity contribution in [2.45, 2.75) is 85.2 Å². The first-order valence-electron chi connectivity index (χ1n) is 8.61. The maximum absolute atomic E-state index is 11.6. The van der Waals surface area contributed by atoms with Crippen molar-refractivity contribution in [2.24, 2.45) is 0 Å². The molecule has 0 aromatic carbocycles. The summed E-state index contributed by atoms with van der Waals surface area (Å²) in [5.41, 5.74) is 0. The summed E-state index contributed by atoms with van der Waals surface area (Å²) in [6, 6.07) is 0. The molecule has 0 saturated heterocycles. The van der Waals surface area contributed by atoms with Crippen LogP contribution in [0.5, 0.6) is 0 Å². The zero-order valence-electron chi connectivity index (χ0n) is 15.0. The molecular formula is C17H32O6. The van der Waals surface area contributed by atoms with Crippen LogP contribution in [0.2, 0.25) is 0 Å². The number of carbonyl (C=O) groups excluding carboxylic acids is 2. The molecule has 0 aliphatic heterocycles. The van der Waals surface area contributed by atoms with Crippen molar-refractivity contribution in [1.82, 2.24) is 0 Å². The van der Waals surface area contributed by atoms with Gasteiger partial charge in [0.1, 0.15) is 0 Å². The van der Waals surface area contributed by atoms with E-state index in [2.05, 4.69) is 13.8 Å². The summed E-state index contributed by atoms with van der Waals surface area (Å²) in [6.07, 6.45) is 3.85. The van der Waals surface area contributed by atoms with Gasteiger partial charge in [0.05, 0.1) is 26.1 Å². The first-order valence-corrected chi connectivity index (χ1v) is 8.61. The van der Waals surface area contributed by atoms with E-state index < -0.39 is 24.5 Å². The molecule has 0 aromatic heterocycles. The zero-order chi connectivity index (χ0) is 17.5. The standard InChI is InChI=1S/C17H32O6/c1-5-7-9-13-21-15(4)23-17(19)11-10-16(18)22-14(3)20-12-8-6-2/h14-15H,5-13H2,1-4H3. The fourth-order valence-electron chi connectivity index (χ4n) is 1.76. The lowest BCUT2D eigenvalue weighted by Gasteiger charge is -2.15. The number of esters is 2. The van der Waals surface area contributed by atoms with Crippen molar-refractivity contribution >= 4 is 11.9 Å². The molecule has 0 saturated carbocycles. The Morgan fingerprint density at radius 2 is 1.17 bits per heavy atom. The summed E-state index contributed by atoms with van der Waals surface area (Å²) >= 11 is 0. The molecule has 0 aliphatic rings. The lowest BCUT2D eigenvalue weighted by molar-refractivity contribution is -0.181. The molecular weight excluding hydrogens is 300 g/mol. The largest absolute Gasteiger partial charge is 0.436 e. The van der Waals surface area contributed by atoms with Crippen LogP contribution in [0.4, 0.5) is 0 Å². The highest BCUT2D eigenvalue weighted by atomic mass is 16.7. The maximum Gasteiger partial charge on any atom is 0.308 e. The summed E-state index contributed by atoms with van der Waals surface area (Å²) < 4.78 is 20.8. The number of hydrogen-bond acceptors (Lipinski definition) is 6. The van der Waals surface area contributed by atoms with Gasteiger partial charge in [-0.3, -0.25) is 9.59 Å². The van der Waals surface area contributed by atoms with Gasteiger partial charge in [0.15, 0.2) is 12.6 Å². The normalized spacial score (nSPS) is 13.4. The van der Waals surface area contributed by atoms with Crippen LogP contribution in [-0.4, -0.2) is 37.7 Å². The van der Waals surface area contributed by atoms with E-state index in [-0.39, 0.29) is 12.8 Å². The average Bonchev–Trinajstić information content (AvgIpc) is 2.50. The van der Waals surface area contributed by atoms with E-state index in [1.54, 1.807) is 13.8 Å². The van der Waals surface area contributed by atoms with E-state index in [1.165, 1.54) is 0 Å². The minimum absolute atomic E-state index is 0.0246. The Labute approximate surface area is 139 Å². The molecule has 0 spiro atoms. The van der Waals surface area contributed by atoms with Gasteiger partial charge in [-0.15, -0.1) is 0 Å². The van der Waals surface area contributed by atoms with Crippen LogP contribution in [0.3, 0.4) is 0 Å². The van der Waals surface area contributed by atoms with E-state index in [0.717, 1.165) is 32.1 Å². The van der Waals surface area contributed by atoms with Gasteiger partial charge in [-0.05, 0) is 26.7 Å². The number of hydrogen-bond donors (Lipinski definition) is 0. The molecule has 6 heteroatoms. The smallest absolute Gasteiger partial charge is 0.308 e. The molecule has 23 heavy (non-hydrogen) atoms. The maximum atomic E-state index is 11.6. The third-order valence-electron chi connectivity index (χ3n) is 3.08. The van der Waals surface area contributed by atoms with Crippen molar-refractivity contribution in [3.05, 3.63) is 0 Å². The van der Waals surface area contributed by atoms with Crippen LogP contribution >= 0.6 is 0 Å². The molecule has 0 fully saturated rings. The molecule has 136 valence electrons. The minimum Gasteiger partial charge on any atom is -0.436 e. The monoisotopic (exact) mass is 332 g/mol. The van der Waals surface area contributed by atoms with Gasteiger partial charge in [-0.25, -0.2) is 0 Å². The van der Waals surface area contributed by atoms with E-state index in [1.807, 2.05) is 0 Å². The van der Waals surface area contributed by atoms with Crippen LogP contribution in [0.25, 0.3) is 0 Å². The van der Waals surface area contributed by atoms with E-state index in [4.69, 9.17) is 18.9 Å². The first-order chi connectivity index (χ1) is 11.0. The summed E-state index contributed by atoms with van der Waals surface area (Å²) in [5, 5.41) is 0. The second kappa shape index (κ2) is 14.5. The van der Waals surface area contributed by atoms with Crippen LogP contribution in [0.1, 0.15) is 72.6 Å². The molecule has 6 nitrogen and oxygen atoms in total. The Balaban J connectivity index is 3.72. The van der Waals surface area contributed by atoms with Gasteiger partial charge in [0, 0.05) is 0 Å². The van der Waals surface area contributed by atoms with Gasteiger partial charge < -0.3 is 18.9 Å². The van der Waals surface area contributed by atoms with Crippen molar-refractivity contribution in [2.75, 3.05) is 13.2 Å². The Hall–Kier alpha value is -1.14. The van der Waals surface area contributed by atoms with Gasteiger partial charge in [-0.2, -0.15) is 0 Å². The second-order valence-electron chi connectivity index (χ2n) is 5.42. The SMILES string of the molecule is CCCCCOC(C)OC(=O)CCC(=O)OC(C)OCCCC. The highest BCUT2D eigenvalue weighted by Crippen LogP contribution is 2.05. The molecule has 0 bridgehead atoms. The molecule has 0 aliphatic carbocycles. The van der Waals surface area contributed by atoms with E-state index in [9.17, 15) is 9.59 Å². The van der Waals surface area contributed by atoms with E-state index >= 15 is 0 Å². The van der Waals surface area contributed by atoms with Crippen LogP contribution in [0.15, 0.2) is 0 Å². The van der Waals surface area contributed by atoms with Crippen molar-refractivity contribution in [1.29, 1.82) is 0 Å². The number of unbranched alkanes of at least 4 members (excludes halogenated alkanes) is 3. The summed E-state index contributed by atoms with van der Waals surface area (Å²) in [6.45, 7) is 8.62. The topological polar surface area (TPSA) is 71.1 Å². The predicted molar refractivity (Wildman–Crippen MR) is 86.7 cm³/mol. The molecule has 0 N–H and O–H groups in total. The third-order valence-corrected chi connectivity index (χ3v) is 3.08. The quantitative estimate of drug-likeness (QED) is 0.275. The predicted octanol–water partition coefficient (Wildman–Crippen LogP) is 3.57. The van der Waals surface area contributed by atoms with E-state index in [0.29, 0.717) is 13.2 Å². The molecule has 0 heterocycles. The number of ether oxygens (including phenoxy) is 4. The molecule has 0 amide bonds. The zero-order valence-corrected chi connectivity index (χ0v) is 15.0. The lowest BCUT2D eigenvalue weighted by Crippen LogP contribution is -2.21. The van der Waals surface area contributed by atoms with Crippen molar-refractivity contribution < 1.29 is 28.5 Å². The molecule has 0 aromatic rings. The average molecular weight is 332 g/mol. The van der Waals surface area contributed by atoms with Crippen molar-refractivity contribution in [3.63, 3.8) is 0 Å². The summed E-state index contributed by atoms with van der Waals surface area (Å²) in [4.78, 5) is 23.2. The fraction of sp³-hybridized carbons (Fsp3) is 0.882. The van der Waals surface area contributed by atoms with Gasteiger partial charge in [0.2, 0.25) is 0 Å². The Morgan fingerprint density at radius 1 is 0.739 bits per heavy atom. The summed E-state index contributed by atoms with van der Waals surface area (Å²) in [5.74, 6) is -0.938. The molecule has 0 radical (unpaired) electrons. The van der Waals surface area contributed by atoms with Crippen molar-refractivity contribution in [3.8, 4) is 0 Å². The molecule has 2 unspecified atom stereocenters. The van der Waals surface area contributed by atoms with Crippen LogP contribution in [0, 0.1) is 0 Å². The molecule has 0 rings (SSSR count). The van der Waals surface area contributed by atoms with Gasteiger partial charge in [-0.1, -0.05) is 33.1 Å². The lowest BCUT2D eigenvalue weighted by atomic mass is 10.3. The van der Waals surface area contributed by atoms with Crippen LogP contribution < -0.4 is 0 Å².